The Bertz CT molecular complexity index is 1360. The van der Waals surface area contributed by atoms with Crippen LogP contribution in [-0.2, 0) is 19.9 Å². The van der Waals surface area contributed by atoms with E-state index in [4.69, 9.17) is 16.3 Å². The maximum atomic E-state index is 14.1. The number of rotatable bonds is 3. The molecule has 180 valence electrons. The minimum absolute atomic E-state index is 0.0355. The summed E-state index contributed by atoms with van der Waals surface area (Å²) in [6, 6.07) is 6.93. The summed E-state index contributed by atoms with van der Waals surface area (Å²) in [6.07, 6.45) is 1.47. The summed E-state index contributed by atoms with van der Waals surface area (Å²) in [5, 5.41) is 14.6. The normalized spacial score (nSPS) is 28.9. The van der Waals surface area contributed by atoms with Crippen LogP contribution in [0.25, 0.3) is 0 Å². The summed E-state index contributed by atoms with van der Waals surface area (Å²) in [6.45, 7) is 2.42. The van der Waals surface area contributed by atoms with E-state index in [0.29, 0.717) is 29.2 Å². The van der Waals surface area contributed by atoms with Crippen molar-refractivity contribution in [2.24, 2.45) is 11.8 Å². The highest BCUT2D eigenvalue weighted by molar-refractivity contribution is 6.31. The average Bonchev–Trinajstić information content (AvgIpc) is 3.52. The number of imide groups is 1. The number of aryl methyl sites for hydroxylation is 1. The number of anilines is 2. The molecule has 1 N–H and O–H groups in total. The molecule has 35 heavy (non-hydrogen) atoms. The molecule has 4 aliphatic heterocycles. The molecule has 3 fully saturated rings. The Balaban J connectivity index is 1.55. The molecular formula is C24H21ClN4O6. The third-order valence-corrected chi connectivity index (χ3v) is 8.10. The molecule has 0 aliphatic carbocycles. The first kappa shape index (κ1) is 22.0. The zero-order valence-corrected chi connectivity index (χ0v) is 19.7. The molecule has 4 aliphatic rings. The first-order valence-corrected chi connectivity index (χ1v) is 11.7. The van der Waals surface area contributed by atoms with Gasteiger partial charge in [0, 0.05) is 28.4 Å². The lowest BCUT2D eigenvalue weighted by molar-refractivity contribution is -0.384. The van der Waals surface area contributed by atoms with Gasteiger partial charge in [-0.2, -0.15) is 0 Å². The molecule has 11 heteroatoms. The first-order chi connectivity index (χ1) is 16.7. The lowest BCUT2D eigenvalue weighted by Crippen LogP contribution is -2.54. The molecule has 10 nitrogen and oxygen atoms in total. The molecule has 0 bridgehead atoms. The second-order valence-electron chi connectivity index (χ2n) is 9.40. The number of nitrogens with one attached hydrogen (secondary N) is 1. The second-order valence-corrected chi connectivity index (χ2v) is 9.83. The van der Waals surface area contributed by atoms with Gasteiger partial charge in [0.05, 0.1) is 35.6 Å². The predicted octanol–water partition coefficient (Wildman–Crippen LogP) is 3.00. The van der Waals surface area contributed by atoms with E-state index in [1.165, 1.54) is 25.3 Å². The molecular weight excluding hydrogens is 476 g/mol. The fraction of sp³-hybridized carbons (Fsp3) is 0.375. The van der Waals surface area contributed by atoms with Crippen LogP contribution in [0.5, 0.6) is 5.75 Å². The maximum absolute atomic E-state index is 14.1. The number of fused-ring (bicyclic) bond motifs is 7. The van der Waals surface area contributed by atoms with Gasteiger partial charge in [0.1, 0.15) is 11.3 Å². The highest BCUT2D eigenvalue weighted by atomic mass is 35.5. The molecule has 3 saturated heterocycles. The van der Waals surface area contributed by atoms with Gasteiger partial charge in [-0.05, 0) is 50.1 Å². The van der Waals surface area contributed by atoms with Crippen molar-refractivity contribution in [1.82, 2.24) is 4.90 Å². The van der Waals surface area contributed by atoms with Crippen LogP contribution in [0.1, 0.15) is 24.0 Å². The molecule has 6 rings (SSSR count). The number of nitro groups is 1. The summed E-state index contributed by atoms with van der Waals surface area (Å²) in [7, 11) is 1.32. The van der Waals surface area contributed by atoms with Crippen LogP contribution in [-0.4, -0.2) is 47.2 Å². The quantitative estimate of drug-likeness (QED) is 0.393. The van der Waals surface area contributed by atoms with E-state index in [1.807, 2.05) is 11.8 Å². The van der Waals surface area contributed by atoms with Gasteiger partial charge in [-0.15, -0.1) is 0 Å². The standard InChI is InChI=1S/C24H21ClN4O6/c1-11-8-12(25)9-14-20(11)26-23(32)24(14)19-18(16-4-3-7-27(16)24)21(30)28(22(19)31)15-6-5-13(29(33)34)10-17(15)35-2/h5-6,8-10,16,18-19H,3-4,7H2,1-2H3,(H,26,32)/t16-,18+,19+,24+/m0/s1. The number of benzene rings is 2. The monoisotopic (exact) mass is 496 g/mol. The summed E-state index contributed by atoms with van der Waals surface area (Å²) in [4.78, 5) is 55.4. The number of halogens is 1. The van der Waals surface area contributed by atoms with Crippen molar-refractivity contribution in [2.45, 2.75) is 31.3 Å². The van der Waals surface area contributed by atoms with Crippen molar-refractivity contribution in [3.63, 3.8) is 0 Å². The maximum Gasteiger partial charge on any atom is 0.273 e. The van der Waals surface area contributed by atoms with Crippen molar-refractivity contribution < 1.29 is 24.0 Å². The number of carbonyl (C=O) groups is 3. The van der Waals surface area contributed by atoms with Gasteiger partial charge in [0.15, 0.2) is 0 Å². The fourth-order valence-corrected chi connectivity index (χ4v) is 6.91. The molecule has 0 unspecified atom stereocenters. The van der Waals surface area contributed by atoms with Crippen molar-refractivity contribution in [2.75, 3.05) is 23.9 Å². The Morgan fingerprint density at radius 1 is 1.20 bits per heavy atom. The third kappa shape index (κ3) is 2.61. The van der Waals surface area contributed by atoms with E-state index < -0.39 is 34.1 Å². The van der Waals surface area contributed by atoms with E-state index in [-0.39, 0.29) is 29.1 Å². The molecule has 3 amide bonds. The van der Waals surface area contributed by atoms with Crippen LogP contribution in [0.3, 0.4) is 0 Å². The van der Waals surface area contributed by atoms with Crippen LogP contribution in [0.15, 0.2) is 30.3 Å². The Morgan fingerprint density at radius 3 is 2.69 bits per heavy atom. The number of hydrogen-bond donors (Lipinski definition) is 1. The smallest absolute Gasteiger partial charge is 0.273 e. The fourth-order valence-electron chi connectivity index (χ4n) is 6.64. The summed E-state index contributed by atoms with van der Waals surface area (Å²) < 4.78 is 5.32. The van der Waals surface area contributed by atoms with Crippen LogP contribution in [0.4, 0.5) is 17.1 Å². The van der Waals surface area contributed by atoms with Gasteiger partial charge in [-0.25, -0.2) is 4.90 Å². The number of hydrogen-bond acceptors (Lipinski definition) is 7. The van der Waals surface area contributed by atoms with Crippen molar-refractivity contribution in [3.05, 3.63) is 56.6 Å². The number of nitrogens with zero attached hydrogens (tertiary/aromatic N) is 3. The molecule has 2 aromatic carbocycles. The minimum atomic E-state index is -1.35. The molecule has 0 radical (unpaired) electrons. The summed E-state index contributed by atoms with van der Waals surface area (Å²) >= 11 is 6.40. The topological polar surface area (TPSA) is 122 Å². The molecule has 4 atom stereocenters. The largest absolute Gasteiger partial charge is 0.494 e. The van der Waals surface area contributed by atoms with Crippen LogP contribution in [0, 0.1) is 28.9 Å². The lowest BCUT2D eigenvalue weighted by atomic mass is 9.75. The van der Waals surface area contributed by atoms with Gasteiger partial charge in [0.2, 0.25) is 17.7 Å². The minimum Gasteiger partial charge on any atom is -0.494 e. The van der Waals surface area contributed by atoms with Crippen molar-refractivity contribution in [1.29, 1.82) is 0 Å². The number of non-ortho nitro benzene ring substituents is 1. The Labute approximate surface area is 204 Å². The first-order valence-electron chi connectivity index (χ1n) is 11.3. The molecule has 2 aromatic rings. The van der Waals surface area contributed by atoms with Crippen LogP contribution >= 0.6 is 11.6 Å². The highest BCUT2D eigenvalue weighted by Gasteiger charge is 2.75. The number of methoxy groups -OCH3 is 1. The van der Waals surface area contributed by atoms with Crippen LogP contribution in [0.2, 0.25) is 5.02 Å². The second kappa shape index (κ2) is 7.25. The molecule has 0 aromatic heterocycles. The van der Waals surface area contributed by atoms with E-state index in [1.54, 1.807) is 12.1 Å². The van der Waals surface area contributed by atoms with Gasteiger partial charge in [0.25, 0.3) is 5.69 Å². The predicted molar refractivity (Wildman–Crippen MR) is 125 cm³/mol. The Morgan fingerprint density at radius 2 is 1.97 bits per heavy atom. The number of ether oxygens (including phenoxy) is 1. The summed E-state index contributed by atoms with van der Waals surface area (Å²) in [5.74, 6) is -2.95. The van der Waals surface area contributed by atoms with Gasteiger partial charge >= 0.3 is 0 Å². The Hall–Kier alpha value is -3.50. The molecule has 0 saturated carbocycles. The van der Waals surface area contributed by atoms with Crippen LogP contribution < -0.4 is 15.0 Å². The molecule has 1 spiro atoms. The highest BCUT2D eigenvalue weighted by Crippen LogP contribution is 2.61. The zero-order chi connectivity index (χ0) is 24.8. The number of carbonyl (C=O) groups excluding carboxylic acids is 3. The van der Waals surface area contributed by atoms with Gasteiger partial charge in [-0.1, -0.05) is 11.6 Å². The van der Waals surface area contributed by atoms with E-state index in [0.717, 1.165) is 16.9 Å². The molecule has 4 heterocycles. The number of nitro benzene ring substituents is 1. The lowest BCUT2D eigenvalue weighted by Gasteiger charge is -2.36. The Kier molecular flexibility index (Phi) is 4.56. The zero-order valence-electron chi connectivity index (χ0n) is 18.9. The van der Waals surface area contributed by atoms with Crippen molar-refractivity contribution >= 4 is 46.4 Å². The average molecular weight is 497 g/mol. The van der Waals surface area contributed by atoms with Gasteiger partial charge in [-0.3, -0.25) is 29.4 Å². The SMILES string of the molecule is COc1cc([N+](=O)[O-])ccc1N1C(=O)[C@@H]2[C@@H]3CCCN3[C@@]3(C(=O)Nc4c(C)cc(Cl)cc43)[C@H]2C1=O. The third-order valence-electron chi connectivity index (χ3n) is 7.88. The number of amides is 3. The van der Waals surface area contributed by atoms with Gasteiger partial charge < -0.3 is 10.1 Å². The summed E-state index contributed by atoms with van der Waals surface area (Å²) in [5.41, 5.74) is 0.567. The van der Waals surface area contributed by atoms with E-state index in [2.05, 4.69) is 5.32 Å². The van der Waals surface area contributed by atoms with Crippen molar-refractivity contribution in [3.8, 4) is 5.75 Å². The van der Waals surface area contributed by atoms with E-state index in [9.17, 15) is 24.5 Å². The van der Waals surface area contributed by atoms with E-state index >= 15 is 0 Å².